The molecule has 2 atom stereocenters. The summed E-state index contributed by atoms with van der Waals surface area (Å²) in [5.41, 5.74) is 1.57. The second-order valence-corrected chi connectivity index (χ2v) is 10.5. The second-order valence-electron chi connectivity index (χ2n) is 10.5. The van der Waals surface area contributed by atoms with Crippen LogP contribution in [-0.4, -0.2) is 21.4 Å². The van der Waals surface area contributed by atoms with Crippen LogP contribution in [0.3, 0.4) is 0 Å². The van der Waals surface area contributed by atoms with Crippen LogP contribution < -0.4 is 4.74 Å². The van der Waals surface area contributed by atoms with Gasteiger partial charge in [-0.2, -0.15) is 10.5 Å². The van der Waals surface area contributed by atoms with E-state index in [1.165, 1.54) is 4.57 Å². The van der Waals surface area contributed by atoms with Crippen LogP contribution in [0.4, 0.5) is 0 Å². The van der Waals surface area contributed by atoms with Crippen LogP contribution in [-0.2, 0) is 15.9 Å². The molecular weight excluding hydrogens is 490 g/mol. The Hall–Kier alpha value is -4.46. The highest BCUT2D eigenvalue weighted by molar-refractivity contribution is 5.95. The molecule has 4 aromatic rings. The lowest BCUT2D eigenvalue weighted by Gasteiger charge is -2.27. The number of fused-ring (bicyclic) bond motifs is 6. The molecule has 7 nitrogen and oxygen atoms in total. The maximum Gasteiger partial charge on any atom is 0.205 e. The lowest BCUT2D eigenvalue weighted by molar-refractivity contribution is -0.101. The van der Waals surface area contributed by atoms with Gasteiger partial charge in [-0.25, -0.2) is 0 Å². The van der Waals surface area contributed by atoms with Crippen molar-refractivity contribution in [2.45, 2.75) is 56.7 Å². The third kappa shape index (κ3) is 3.73. The van der Waals surface area contributed by atoms with Crippen LogP contribution in [0.5, 0.6) is 17.5 Å². The van der Waals surface area contributed by atoms with E-state index in [1.807, 2.05) is 24.3 Å². The van der Waals surface area contributed by atoms with Crippen molar-refractivity contribution in [2.75, 3.05) is 6.61 Å². The van der Waals surface area contributed by atoms with Crippen molar-refractivity contribution in [2.24, 2.45) is 0 Å². The molecule has 0 aliphatic carbocycles. The van der Waals surface area contributed by atoms with Crippen molar-refractivity contribution < 1.29 is 19.7 Å². The summed E-state index contributed by atoms with van der Waals surface area (Å²) in [5.74, 6) is 0.615. The highest BCUT2D eigenvalue weighted by atomic mass is 16.5. The van der Waals surface area contributed by atoms with Crippen LogP contribution in [0.25, 0.3) is 16.5 Å². The first-order valence-corrected chi connectivity index (χ1v) is 13.4. The number of benzene rings is 3. The van der Waals surface area contributed by atoms with E-state index < -0.39 is 11.2 Å². The van der Waals surface area contributed by atoms with E-state index in [4.69, 9.17) is 14.7 Å². The smallest absolute Gasteiger partial charge is 0.205 e. The van der Waals surface area contributed by atoms with E-state index in [2.05, 4.69) is 19.1 Å². The Morgan fingerprint density at radius 3 is 2.18 bits per heavy atom. The molecule has 3 heterocycles. The molecule has 39 heavy (non-hydrogen) atoms. The van der Waals surface area contributed by atoms with Gasteiger partial charge in [-0.05, 0) is 55.7 Å². The second kappa shape index (κ2) is 9.38. The van der Waals surface area contributed by atoms with Gasteiger partial charge >= 0.3 is 0 Å². The minimum absolute atomic E-state index is 0.0111. The number of ether oxygens (including phenoxy) is 2. The molecule has 0 amide bonds. The zero-order valence-corrected chi connectivity index (χ0v) is 21.8. The number of aromatic hydroxyl groups is 2. The molecular formula is C32H29N3O4. The van der Waals surface area contributed by atoms with E-state index in [0.717, 1.165) is 36.5 Å². The van der Waals surface area contributed by atoms with Crippen molar-refractivity contribution in [1.29, 1.82) is 10.5 Å². The van der Waals surface area contributed by atoms with Gasteiger partial charge in [0.1, 0.15) is 17.0 Å². The van der Waals surface area contributed by atoms with Gasteiger partial charge in [0, 0.05) is 17.2 Å². The fraction of sp³-hybridized carbons (Fsp3) is 0.312. The van der Waals surface area contributed by atoms with Gasteiger partial charge in [0.2, 0.25) is 11.8 Å². The fourth-order valence-corrected chi connectivity index (χ4v) is 6.47. The van der Waals surface area contributed by atoms with E-state index in [1.54, 1.807) is 36.4 Å². The van der Waals surface area contributed by atoms with E-state index in [0.29, 0.717) is 53.1 Å². The molecule has 0 spiro atoms. The molecule has 196 valence electrons. The molecule has 6 rings (SSSR count). The Kier molecular flexibility index (Phi) is 5.98. The van der Waals surface area contributed by atoms with Gasteiger partial charge in [0.25, 0.3) is 0 Å². The first-order valence-electron chi connectivity index (χ1n) is 13.4. The number of nitriles is 2. The highest BCUT2D eigenvalue weighted by Gasteiger charge is 2.63. The molecule has 1 fully saturated rings. The molecule has 2 bridgehead atoms. The summed E-state index contributed by atoms with van der Waals surface area (Å²) in [7, 11) is 0. The largest absolute Gasteiger partial charge is 0.494 e. The number of unbranched alkanes of at least 4 members (excludes halogenated alkanes) is 1. The fourth-order valence-electron chi connectivity index (χ4n) is 6.47. The normalized spacial score (nSPS) is 21.0. The average Bonchev–Trinajstić information content (AvgIpc) is 3.57. The predicted molar refractivity (Wildman–Crippen MR) is 146 cm³/mol. The number of hydrogen-bond donors (Lipinski definition) is 2. The van der Waals surface area contributed by atoms with Gasteiger partial charge in [-0.1, -0.05) is 44.0 Å². The van der Waals surface area contributed by atoms with Crippen LogP contribution in [0, 0.1) is 22.7 Å². The van der Waals surface area contributed by atoms with Gasteiger partial charge in [-0.15, -0.1) is 0 Å². The maximum absolute atomic E-state index is 11.8. The van der Waals surface area contributed by atoms with E-state index in [9.17, 15) is 15.5 Å². The summed E-state index contributed by atoms with van der Waals surface area (Å²) in [6.45, 7) is 2.48. The predicted octanol–water partition coefficient (Wildman–Crippen LogP) is 6.66. The molecule has 0 radical (unpaired) electrons. The lowest BCUT2D eigenvalue weighted by atomic mass is 9.75. The molecule has 1 saturated heterocycles. The third-order valence-electron chi connectivity index (χ3n) is 8.31. The summed E-state index contributed by atoms with van der Waals surface area (Å²) in [6, 6.07) is 22.3. The number of hydrogen-bond acceptors (Lipinski definition) is 6. The zero-order valence-electron chi connectivity index (χ0n) is 21.8. The summed E-state index contributed by atoms with van der Waals surface area (Å²) >= 11 is 0. The van der Waals surface area contributed by atoms with Crippen LogP contribution >= 0.6 is 0 Å². The van der Waals surface area contributed by atoms with Gasteiger partial charge in [-0.3, -0.25) is 4.57 Å². The van der Waals surface area contributed by atoms with Crippen LogP contribution in [0.2, 0.25) is 0 Å². The Balaban J connectivity index is 1.43. The minimum Gasteiger partial charge on any atom is -0.494 e. The maximum atomic E-state index is 11.8. The Morgan fingerprint density at radius 2 is 1.54 bits per heavy atom. The molecule has 7 heteroatoms. The third-order valence-corrected chi connectivity index (χ3v) is 8.31. The van der Waals surface area contributed by atoms with E-state index in [-0.39, 0.29) is 11.8 Å². The van der Waals surface area contributed by atoms with E-state index >= 15 is 0 Å². The van der Waals surface area contributed by atoms with Crippen molar-refractivity contribution in [1.82, 2.24) is 4.57 Å². The quantitative estimate of drug-likeness (QED) is 0.269. The van der Waals surface area contributed by atoms with Crippen LogP contribution in [0.15, 0.2) is 60.7 Å². The van der Waals surface area contributed by atoms with Gasteiger partial charge in [0.05, 0.1) is 46.7 Å². The molecule has 2 aliphatic heterocycles. The Labute approximate surface area is 227 Å². The minimum atomic E-state index is -0.787. The molecule has 2 aliphatic rings. The molecule has 0 saturated carbocycles. The summed E-state index contributed by atoms with van der Waals surface area (Å²) in [5, 5.41) is 43.7. The van der Waals surface area contributed by atoms with Gasteiger partial charge in [0.15, 0.2) is 0 Å². The molecule has 2 N–H and O–H groups in total. The zero-order chi connectivity index (χ0) is 27.2. The summed E-state index contributed by atoms with van der Waals surface area (Å²) in [4.78, 5) is 0. The lowest BCUT2D eigenvalue weighted by Crippen LogP contribution is -2.26. The highest BCUT2D eigenvalue weighted by Crippen LogP contribution is 2.67. The van der Waals surface area contributed by atoms with Crippen molar-refractivity contribution in [3.8, 4) is 35.3 Å². The number of aromatic nitrogens is 1. The number of rotatable bonds is 8. The summed E-state index contributed by atoms with van der Waals surface area (Å²) in [6.07, 6.45) is 4.64. The molecule has 1 aromatic heterocycles. The Morgan fingerprint density at radius 1 is 0.872 bits per heavy atom. The monoisotopic (exact) mass is 519 g/mol. The van der Waals surface area contributed by atoms with Crippen molar-refractivity contribution >= 4 is 10.8 Å². The molecule has 0 unspecified atom stereocenters. The average molecular weight is 520 g/mol. The number of nitrogens with zero attached hydrogens (tertiary/aromatic N) is 3. The standard InChI is InChI=1S/C32H29N3O4/c1-2-3-14-31-15-16-32(39-31,17-18-38-23-11-8-21(19-33)9-12-23)28-27(31)29(36)35(30(28)37)26-13-10-22(20-34)24-6-4-5-7-25(24)26/h4-13,36-37H,2-3,14-18H2,1H3/t31-,32-/m0/s1. The Bertz CT molecular complexity index is 1660. The topological polar surface area (TPSA) is 111 Å². The van der Waals surface area contributed by atoms with Gasteiger partial charge < -0.3 is 19.7 Å². The van der Waals surface area contributed by atoms with Crippen LogP contribution in [0.1, 0.15) is 67.7 Å². The molecule has 3 aromatic carbocycles. The SMILES string of the molecule is CCCC[C@@]12CC[C@@](CCOc3ccc(C#N)cc3)(O1)c1c2c(O)n(-c2ccc(C#N)c3ccccc23)c1O. The first-order chi connectivity index (χ1) is 19.0. The first kappa shape index (κ1) is 24.9. The van der Waals surface area contributed by atoms with Crippen molar-refractivity contribution in [3.63, 3.8) is 0 Å². The summed E-state index contributed by atoms with van der Waals surface area (Å²) < 4.78 is 14.3. The van der Waals surface area contributed by atoms with Crippen molar-refractivity contribution in [3.05, 3.63) is 82.9 Å².